The quantitative estimate of drug-likeness (QED) is 0.207. The van der Waals surface area contributed by atoms with Crippen LogP contribution in [-0.2, 0) is 0 Å². The van der Waals surface area contributed by atoms with Gasteiger partial charge in [-0.1, -0.05) is 11.6 Å². The van der Waals surface area contributed by atoms with Crippen molar-refractivity contribution >= 4 is 53.2 Å². The molecule has 1 amide bonds. The van der Waals surface area contributed by atoms with E-state index in [-0.39, 0.29) is 47.8 Å². The summed E-state index contributed by atoms with van der Waals surface area (Å²) in [5.74, 6) is 0.223. The molecule has 5 atom stereocenters. The summed E-state index contributed by atoms with van der Waals surface area (Å²) in [6.07, 6.45) is -0.356. The third-order valence-corrected chi connectivity index (χ3v) is 7.16. The van der Waals surface area contributed by atoms with Crippen molar-refractivity contribution in [2.24, 2.45) is 11.5 Å². The summed E-state index contributed by atoms with van der Waals surface area (Å²) in [6.45, 7) is 1.05. The number of halogens is 2. The smallest absolute Gasteiger partial charge is 0.255 e. The molecule has 14 heteroatoms. The fraction of sp³-hybridized carbons (Fsp3) is 0.385. The average molecular weight is 592 g/mol. The van der Waals surface area contributed by atoms with Gasteiger partial charge in [-0.2, -0.15) is 15.0 Å². The van der Waals surface area contributed by atoms with Gasteiger partial charge >= 0.3 is 0 Å². The predicted octanol–water partition coefficient (Wildman–Crippen LogP) is 2.11. The van der Waals surface area contributed by atoms with Gasteiger partial charge in [-0.05, 0) is 55.7 Å². The minimum absolute atomic E-state index is 0. The average Bonchev–Trinajstić information content (AvgIpc) is 3.23. The maximum atomic E-state index is 12.5. The summed E-state index contributed by atoms with van der Waals surface area (Å²) in [4.78, 5) is 28.2. The van der Waals surface area contributed by atoms with Crippen molar-refractivity contribution in [3.8, 4) is 5.75 Å². The first-order valence-electron chi connectivity index (χ1n) is 12.7. The molecule has 0 radical (unpaired) electrons. The third kappa shape index (κ3) is 6.89. The highest BCUT2D eigenvalue weighted by atomic mass is 35.5. The molecule has 9 N–H and O–H groups in total. The van der Waals surface area contributed by atoms with E-state index in [2.05, 4.69) is 25.6 Å². The van der Waals surface area contributed by atoms with E-state index < -0.39 is 18.1 Å². The van der Waals surface area contributed by atoms with Gasteiger partial charge in [0.05, 0.1) is 17.9 Å². The lowest BCUT2D eigenvalue weighted by atomic mass is 10.0. The Morgan fingerprint density at radius 3 is 2.23 bits per heavy atom. The largest absolute Gasteiger partial charge is 0.506 e. The summed E-state index contributed by atoms with van der Waals surface area (Å²) in [5, 5.41) is 37.0. The van der Waals surface area contributed by atoms with E-state index in [4.69, 9.17) is 23.1 Å². The van der Waals surface area contributed by atoms with Gasteiger partial charge in [-0.3, -0.25) is 4.79 Å². The number of nitrogens with two attached hydrogens (primary N) is 2. The van der Waals surface area contributed by atoms with E-state index in [9.17, 15) is 20.1 Å². The number of amides is 1. The maximum absolute atomic E-state index is 12.5. The molecular weight excluding hydrogens is 559 g/mol. The molecule has 1 aliphatic heterocycles. The highest BCUT2D eigenvalue weighted by Crippen LogP contribution is 2.35. The van der Waals surface area contributed by atoms with Crippen molar-refractivity contribution < 1.29 is 20.1 Å². The SMILES string of the molecule is Cl.N[C@@H]1C[C@H](N)CN(c2nc(Nc3ccc(NC(=O)c4ccc(Cl)cc4)c(O)c3)nc(C3C[C@@H](O)[C@@H](O)C3)n2)C1. The molecule has 1 unspecified atom stereocenters. The van der Waals surface area contributed by atoms with Crippen molar-refractivity contribution in [2.45, 2.75) is 49.5 Å². The highest BCUT2D eigenvalue weighted by Gasteiger charge is 2.35. The molecule has 2 heterocycles. The summed E-state index contributed by atoms with van der Waals surface area (Å²) < 4.78 is 0. The molecule has 1 aromatic heterocycles. The minimum Gasteiger partial charge on any atom is -0.506 e. The van der Waals surface area contributed by atoms with Gasteiger partial charge in [0, 0.05) is 53.4 Å². The Kier molecular flexibility index (Phi) is 9.29. The van der Waals surface area contributed by atoms with E-state index in [0.717, 1.165) is 0 Å². The number of phenols is 1. The first-order chi connectivity index (χ1) is 18.6. The Morgan fingerprint density at radius 2 is 1.60 bits per heavy atom. The number of piperidine rings is 1. The van der Waals surface area contributed by atoms with Crippen molar-refractivity contribution in [3.63, 3.8) is 0 Å². The number of carbonyl (C=O) groups is 1. The second-order valence-corrected chi connectivity index (χ2v) is 10.5. The number of aromatic hydroxyl groups is 1. The Hall–Kier alpha value is -3.26. The zero-order valence-electron chi connectivity index (χ0n) is 21.4. The predicted molar refractivity (Wildman–Crippen MR) is 155 cm³/mol. The lowest BCUT2D eigenvalue weighted by Crippen LogP contribution is -2.53. The molecule has 12 nitrogen and oxygen atoms in total. The van der Waals surface area contributed by atoms with Crippen molar-refractivity contribution in [1.29, 1.82) is 0 Å². The van der Waals surface area contributed by atoms with E-state index in [1.54, 1.807) is 36.4 Å². The van der Waals surface area contributed by atoms with Crippen LogP contribution in [0, 0.1) is 0 Å². The number of phenolic OH excluding ortho intramolecular Hbond substituents is 1. The van der Waals surface area contributed by atoms with Crippen molar-refractivity contribution in [3.05, 3.63) is 58.9 Å². The fourth-order valence-electron chi connectivity index (χ4n) is 4.95. The Balaban J connectivity index is 0.00000370. The fourth-order valence-corrected chi connectivity index (χ4v) is 5.07. The molecule has 0 bridgehead atoms. The molecule has 2 aromatic carbocycles. The number of aromatic nitrogens is 3. The van der Waals surface area contributed by atoms with Crippen LogP contribution < -0.4 is 27.0 Å². The van der Waals surface area contributed by atoms with E-state index >= 15 is 0 Å². The van der Waals surface area contributed by atoms with E-state index in [1.165, 1.54) is 6.07 Å². The molecule has 2 fully saturated rings. The topological polar surface area (TPSA) is 196 Å². The van der Waals surface area contributed by atoms with Gasteiger partial charge < -0.3 is 42.3 Å². The van der Waals surface area contributed by atoms with Crippen LogP contribution in [-0.4, -0.2) is 73.6 Å². The molecular formula is C26H32Cl2N8O4. The Bertz CT molecular complexity index is 1330. The standard InChI is InChI=1S/C26H31ClN8O4.ClH/c27-15-3-1-13(2-4-15)24(39)31-19-6-5-18(10-20(19)36)30-25-32-23(14-7-21(37)22(38)8-14)33-26(34-25)35-11-16(28)9-17(29)12-35;/h1-6,10,14,16-17,21-22,36-38H,7-9,11-12,28-29H2,(H,31,39)(H,30,32,33,34);1H/t14?,16-,17+,21-,22+;. The number of benzene rings is 2. The summed E-state index contributed by atoms with van der Waals surface area (Å²) in [7, 11) is 0. The number of anilines is 4. The Labute approximate surface area is 242 Å². The summed E-state index contributed by atoms with van der Waals surface area (Å²) >= 11 is 5.88. The van der Waals surface area contributed by atoms with Crippen LogP contribution in [0.25, 0.3) is 0 Å². The second-order valence-electron chi connectivity index (χ2n) is 10.1. The molecule has 40 heavy (non-hydrogen) atoms. The summed E-state index contributed by atoms with van der Waals surface area (Å²) in [5.41, 5.74) is 13.5. The van der Waals surface area contributed by atoms with Gasteiger partial charge in [0.1, 0.15) is 11.6 Å². The number of carbonyl (C=O) groups excluding carboxylic acids is 1. The van der Waals surface area contributed by atoms with Crippen LogP contribution >= 0.6 is 24.0 Å². The number of rotatable bonds is 6. The molecule has 1 saturated carbocycles. The lowest BCUT2D eigenvalue weighted by molar-refractivity contribution is 0.0438. The van der Waals surface area contributed by atoms with Gasteiger partial charge in [0.15, 0.2) is 0 Å². The number of nitrogens with zero attached hydrogens (tertiary/aromatic N) is 4. The van der Waals surface area contributed by atoms with Crippen molar-refractivity contribution in [2.75, 3.05) is 28.6 Å². The number of aliphatic hydroxyl groups is 2. The second kappa shape index (κ2) is 12.5. The molecule has 0 spiro atoms. The first kappa shape index (κ1) is 29.7. The van der Waals surface area contributed by atoms with E-state index in [1.807, 2.05) is 4.90 Å². The van der Waals surface area contributed by atoms with Crippen molar-refractivity contribution in [1.82, 2.24) is 15.0 Å². The molecule has 2 aliphatic rings. The third-order valence-electron chi connectivity index (χ3n) is 6.91. The normalized spacial score (nSPS) is 24.3. The van der Waals surface area contributed by atoms with Crippen LogP contribution in [0.3, 0.4) is 0 Å². The Morgan fingerprint density at radius 1 is 0.950 bits per heavy atom. The maximum Gasteiger partial charge on any atom is 0.255 e. The van der Waals surface area contributed by atoms with Crippen LogP contribution in [0.4, 0.5) is 23.3 Å². The van der Waals surface area contributed by atoms with Crippen LogP contribution in [0.5, 0.6) is 5.75 Å². The van der Waals surface area contributed by atoms with Gasteiger partial charge in [-0.15, -0.1) is 12.4 Å². The lowest BCUT2D eigenvalue weighted by Gasteiger charge is -2.34. The zero-order valence-corrected chi connectivity index (χ0v) is 23.0. The summed E-state index contributed by atoms with van der Waals surface area (Å²) in [6, 6.07) is 10.8. The van der Waals surface area contributed by atoms with Crippen LogP contribution in [0.1, 0.15) is 41.4 Å². The van der Waals surface area contributed by atoms with Crippen LogP contribution in [0.2, 0.25) is 5.02 Å². The zero-order chi connectivity index (χ0) is 27.7. The number of nitrogens with one attached hydrogen (secondary N) is 2. The molecule has 1 saturated heterocycles. The van der Waals surface area contributed by atoms with Gasteiger partial charge in [0.25, 0.3) is 5.91 Å². The van der Waals surface area contributed by atoms with E-state index in [0.29, 0.717) is 60.4 Å². The number of hydrogen-bond donors (Lipinski definition) is 7. The highest BCUT2D eigenvalue weighted by molar-refractivity contribution is 6.30. The number of aliphatic hydroxyl groups excluding tert-OH is 2. The van der Waals surface area contributed by atoms with Gasteiger partial charge in [0.2, 0.25) is 11.9 Å². The van der Waals surface area contributed by atoms with Gasteiger partial charge in [-0.25, -0.2) is 0 Å². The molecule has 1 aliphatic carbocycles. The van der Waals surface area contributed by atoms with Crippen LogP contribution in [0.15, 0.2) is 42.5 Å². The molecule has 3 aromatic rings. The minimum atomic E-state index is -0.851. The first-order valence-corrected chi connectivity index (χ1v) is 13.1. The molecule has 214 valence electrons. The number of hydrogen-bond acceptors (Lipinski definition) is 11. The monoisotopic (exact) mass is 590 g/mol. The molecule has 5 rings (SSSR count).